The van der Waals surface area contributed by atoms with Crippen LogP contribution < -0.4 is 0 Å². The Labute approximate surface area is 123 Å². The highest BCUT2D eigenvalue weighted by Crippen LogP contribution is 2.33. The van der Waals surface area contributed by atoms with Crippen molar-refractivity contribution < 1.29 is 4.79 Å². The first-order valence-electron chi connectivity index (χ1n) is 6.54. The third kappa shape index (κ3) is 2.52. The van der Waals surface area contributed by atoms with E-state index in [0.717, 1.165) is 25.9 Å². The molecule has 1 amide bonds. The molecule has 19 heavy (non-hydrogen) atoms. The van der Waals surface area contributed by atoms with E-state index in [0.29, 0.717) is 27.4 Å². The summed E-state index contributed by atoms with van der Waals surface area (Å²) in [7, 11) is 0. The number of halogens is 2. The molecule has 2 aliphatic rings. The number of hydrogen-bond acceptors (Lipinski definition) is 1. The minimum Gasteiger partial charge on any atom is -0.338 e. The molecule has 1 heterocycles. The van der Waals surface area contributed by atoms with Crippen LogP contribution in [0.5, 0.6) is 0 Å². The van der Waals surface area contributed by atoms with E-state index < -0.39 is 0 Å². The van der Waals surface area contributed by atoms with E-state index in [1.807, 2.05) is 4.90 Å². The molecule has 2 atom stereocenters. The first-order chi connectivity index (χ1) is 9.15. The number of allylic oxidation sites excluding steroid dienone is 2. The van der Waals surface area contributed by atoms with E-state index in [4.69, 9.17) is 23.2 Å². The quantitative estimate of drug-likeness (QED) is 0.716. The first-order valence-corrected chi connectivity index (χ1v) is 7.30. The van der Waals surface area contributed by atoms with Crippen LogP contribution in [0.4, 0.5) is 0 Å². The van der Waals surface area contributed by atoms with Gasteiger partial charge in [0.25, 0.3) is 5.91 Å². The maximum absolute atomic E-state index is 12.5. The van der Waals surface area contributed by atoms with Gasteiger partial charge in [-0.05, 0) is 42.9 Å². The number of amides is 1. The molecular weight excluding hydrogens is 281 g/mol. The highest BCUT2D eigenvalue weighted by molar-refractivity contribution is 6.42. The fourth-order valence-corrected chi connectivity index (χ4v) is 3.29. The summed E-state index contributed by atoms with van der Waals surface area (Å²) in [5, 5.41) is 0.920. The van der Waals surface area contributed by atoms with Gasteiger partial charge in [0.15, 0.2) is 0 Å². The van der Waals surface area contributed by atoms with Gasteiger partial charge in [-0.2, -0.15) is 0 Å². The normalized spacial score (nSPS) is 25.5. The van der Waals surface area contributed by atoms with E-state index in [9.17, 15) is 4.79 Å². The van der Waals surface area contributed by atoms with Crippen molar-refractivity contribution in [3.05, 3.63) is 46.0 Å². The molecule has 0 N–H and O–H groups in total. The Morgan fingerprint density at radius 1 is 1.05 bits per heavy atom. The van der Waals surface area contributed by atoms with Gasteiger partial charge < -0.3 is 4.90 Å². The predicted molar refractivity (Wildman–Crippen MR) is 77.7 cm³/mol. The predicted octanol–water partition coefficient (Wildman–Crippen LogP) is 4.03. The number of nitrogens with zero attached hydrogens (tertiary/aromatic N) is 1. The van der Waals surface area contributed by atoms with Gasteiger partial charge in [-0.25, -0.2) is 0 Å². The van der Waals surface area contributed by atoms with E-state index >= 15 is 0 Å². The minimum atomic E-state index is 0.0629. The standard InChI is InChI=1S/C15H15Cl2NO/c16-13-6-5-10(7-14(13)17)15(19)18-8-11-3-1-2-4-12(11)9-18/h1-2,5-7,11-12H,3-4,8-9H2. The summed E-state index contributed by atoms with van der Waals surface area (Å²) in [6, 6.07) is 5.09. The van der Waals surface area contributed by atoms with Gasteiger partial charge in [0.05, 0.1) is 10.0 Å². The fourth-order valence-electron chi connectivity index (χ4n) is 2.99. The van der Waals surface area contributed by atoms with Crippen LogP contribution in [0.1, 0.15) is 23.2 Å². The molecule has 1 aromatic carbocycles. The molecule has 1 aliphatic heterocycles. The summed E-state index contributed by atoms with van der Waals surface area (Å²) in [5.41, 5.74) is 0.626. The lowest BCUT2D eigenvalue weighted by Crippen LogP contribution is -2.28. The Hall–Kier alpha value is -0.990. The number of carbonyl (C=O) groups excluding carboxylic acids is 1. The Morgan fingerprint density at radius 3 is 2.26 bits per heavy atom. The smallest absolute Gasteiger partial charge is 0.253 e. The number of rotatable bonds is 1. The molecule has 1 saturated heterocycles. The highest BCUT2D eigenvalue weighted by atomic mass is 35.5. The topological polar surface area (TPSA) is 20.3 Å². The maximum Gasteiger partial charge on any atom is 0.253 e. The molecule has 0 saturated carbocycles. The van der Waals surface area contributed by atoms with E-state index in [2.05, 4.69) is 12.2 Å². The molecule has 3 rings (SSSR count). The van der Waals surface area contributed by atoms with Crippen molar-refractivity contribution in [2.75, 3.05) is 13.1 Å². The second-order valence-electron chi connectivity index (χ2n) is 5.30. The second kappa shape index (κ2) is 5.18. The van der Waals surface area contributed by atoms with E-state index in [-0.39, 0.29) is 5.91 Å². The number of carbonyl (C=O) groups is 1. The third-order valence-corrected chi connectivity index (χ3v) is 4.81. The molecular formula is C15H15Cl2NO. The van der Waals surface area contributed by atoms with Gasteiger partial charge in [-0.1, -0.05) is 35.4 Å². The van der Waals surface area contributed by atoms with Crippen molar-refractivity contribution >= 4 is 29.1 Å². The summed E-state index contributed by atoms with van der Waals surface area (Å²) >= 11 is 11.9. The van der Waals surface area contributed by atoms with Crippen LogP contribution in [-0.2, 0) is 0 Å². The van der Waals surface area contributed by atoms with Crippen LogP contribution in [0.3, 0.4) is 0 Å². The van der Waals surface area contributed by atoms with Crippen molar-refractivity contribution in [1.82, 2.24) is 4.90 Å². The van der Waals surface area contributed by atoms with Gasteiger partial charge in [0, 0.05) is 18.7 Å². The SMILES string of the molecule is O=C(c1ccc(Cl)c(Cl)c1)N1CC2CC=CCC2C1. The Balaban J connectivity index is 1.76. The molecule has 100 valence electrons. The molecule has 0 bridgehead atoms. The van der Waals surface area contributed by atoms with Crippen LogP contribution >= 0.6 is 23.2 Å². The lowest BCUT2D eigenvalue weighted by atomic mass is 9.86. The maximum atomic E-state index is 12.5. The molecule has 1 fully saturated rings. The van der Waals surface area contributed by atoms with Crippen molar-refractivity contribution in [2.45, 2.75) is 12.8 Å². The number of likely N-dealkylation sites (tertiary alicyclic amines) is 1. The van der Waals surface area contributed by atoms with E-state index in [1.54, 1.807) is 18.2 Å². The summed E-state index contributed by atoms with van der Waals surface area (Å²) in [4.78, 5) is 14.4. The number of benzene rings is 1. The summed E-state index contributed by atoms with van der Waals surface area (Å²) in [5.74, 6) is 1.31. The number of fused-ring (bicyclic) bond motifs is 1. The Kier molecular flexibility index (Phi) is 3.55. The fraction of sp³-hybridized carbons (Fsp3) is 0.400. The zero-order valence-electron chi connectivity index (χ0n) is 10.5. The minimum absolute atomic E-state index is 0.0629. The van der Waals surface area contributed by atoms with Gasteiger partial charge in [0.1, 0.15) is 0 Å². The lowest BCUT2D eigenvalue weighted by molar-refractivity contribution is 0.0784. The molecule has 0 radical (unpaired) electrons. The Morgan fingerprint density at radius 2 is 1.68 bits per heavy atom. The monoisotopic (exact) mass is 295 g/mol. The molecule has 1 aromatic rings. The summed E-state index contributed by atoms with van der Waals surface area (Å²) in [6.45, 7) is 1.71. The van der Waals surface area contributed by atoms with Crippen molar-refractivity contribution in [3.8, 4) is 0 Å². The average molecular weight is 296 g/mol. The van der Waals surface area contributed by atoms with Gasteiger partial charge in [-0.15, -0.1) is 0 Å². The third-order valence-electron chi connectivity index (χ3n) is 4.07. The highest BCUT2D eigenvalue weighted by Gasteiger charge is 2.35. The molecule has 0 spiro atoms. The molecule has 2 nitrogen and oxygen atoms in total. The molecule has 1 aliphatic carbocycles. The number of hydrogen-bond donors (Lipinski definition) is 0. The second-order valence-corrected chi connectivity index (χ2v) is 6.12. The summed E-state index contributed by atoms with van der Waals surface area (Å²) in [6.07, 6.45) is 6.65. The van der Waals surface area contributed by atoms with Crippen LogP contribution in [0.15, 0.2) is 30.4 Å². The van der Waals surface area contributed by atoms with Crippen LogP contribution in [0.25, 0.3) is 0 Å². The zero-order valence-corrected chi connectivity index (χ0v) is 12.0. The van der Waals surface area contributed by atoms with Crippen LogP contribution in [0, 0.1) is 11.8 Å². The molecule has 0 aromatic heterocycles. The van der Waals surface area contributed by atoms with E-state index in [1.165, 1.54) is 0 Å². The van der Waals surface area contributed by atoms with Crippen LogP contribution in [-0.4, -0.2) is 23.9 Å². The molecule has 4 heteroatoms. The van der Waals surface area contributed by atoms with Crippen molar-refractivity contribution in [1.29, 1.82) is 0 Å². The van der Waals surface area contributed by atoms with Gasteiger partial charge in [0.2, 0.25) is 0 Å². The lowest BCUT2D eigenvalue weighted by Gasteiger charge is -2.17. The zero-order chi connectivity index (χ0) is 13.4. The first kappa shape index (κ1) is 13.0. The average Bonchev–Trinajstić information content (AvgIpc) is 2.85. The van der Waals surface area contributed by atoms with Crippen molar-refractivity contribution in [2.24, 2.45) is 11.8 Å². The Bertz CT molecular complexity index is 525. The van der Waals surface area contributed by atoms with Crippen LogP contribution in [0.2, 0.25) is 10.0 Å². The summed E-state index contributed by atoms with van der Waals surface area (Å²) < 4.78 is 0. The van der Waals surface area contributed by atoms with Gasteiger partial charge in [-0.3, -0.25) is 4.79 Å². The van der Waals surface area contributed by atoms with Gasteiger partial charge >= 0.3 is 0 Å². The van der Waals surface area contributed by atoms with Crippen molar-refractivity contribution in [3.63, 3.8) is 0 Å². The molecule has 2 unspecified atom stereocenters. The largest absolute Gasteiger partial charge is 0.338 e.